The topological polar surface area (TPSA) is 63.4 Å². The van der Waals surface area contributed by atoms with Gasteiger partial charge in [-0.2, -0.15) is 4.31 Å². The third-order valence-corrected chi connectivity index (χ3v) is 5.55. The highest BCUT2D eigenvalue weighted by molar-refractivity contribution is 7.89. The molecule has 2 N–H and O–H groups in total. The van der Waals surface area contributed by atoms with Crippen LogP contribution in [0.1, 0.15) is 5.56 Å². The average Bonchev–Trinajstić information content (AvgIpc) is 2.52. The van der Waals surface area contributed by atoms with E-state index in [1.807, 2.05) is 30.3 Å². The number of hydrogen-bond donors (Lipinski definition) is 1. The second-order valence-corrected chi connectivity index (χ2v) is 7.35. The van der Waals surface area contributed by atoms with E-state index in [0.717, 1.165) is 11.6 Å². The van der Waals surface area contributed by atoms with E-state index in [9.17, 15) is 12.8 Å². The first-order valence-corrected chi connectivity index (χ1v) is 8.96. The molecule has 124 valence electrons. The molecule has 0 bridgehead atoms. The smallest absolute Gasteiger partial charge is 0.246 e. The molecule has 2 aromatic rings. The van der Waals surface area contributed by atoms with Crippen molar-refractivity contribution in [2.45, 2.75) is 11.3 Å². The molecule has 0 saturated heterocycles. The Morgan fingerprint density at radius 1 is 1.09 bits per heavy atom. The van der Waals surface area contributed by atoms with Crippen molar-refractivity contribution in [1.29, 1.82) is 0 Å². The first kappa shape index (κ1) is 17.9. The molecule has 4 nitrogen and oxygen atoms in total. The molecule has 0 heterocycles. The van der Waals surface area contributed by atoms with E-state index in [4.69, 9.17) is 17.3 Å². The predicted octanol–water partition coefficient (Wildman–Crippen LogP) is 2.67. The van der Waals surface area contributed by atoms with Crippen molar-refractivity contribution in [2.75, 3.05) is 19.6 Å². The minimum absolute atomic E-state index is 0.122. The maximum absolute atomic E-state index is 14.0. The summed E-state index contributed by atoms with van der Waals surface area (Å²) in [5, 5.41) is 0.149. The monoisotopic (exact) mass is 356 g/mol. The lowest BCUT2D eigenvalue weighted by Gasteiger charge is -2.22. The number of rotatable bonds is 7. The third-order valence-electron chi connectivity index (χ3n) is 3.38. The van der Waals surface area contributed by atoms with Crippen molar-refractivity contribution in [3.8, 4) is 0 Å². The van der Waals surface area contributed by atoms with Crippen molar-refractivity contribution in [3.63, 3.8) is 0 Å². The number of nitrogens with two attached hydrogens (primary N) is 1. The summed E-state index contributed by atoms with van der Waals surface area (Å²) in [6.07, 6.45) is 0.523. The molecule has 0 radical (unpaired) electrons. The van der Waals surface area contributed by atoms with Crippen LogP contribution < -0.4 is 5.73 Å². The molecule has 0 saturated carbocycles. The SMILES string of the molecule is NCCN(CCc1ccccc1)S(=O)(=O)c1ccc(Cl)cc1F. The molecule has 0 aliphatic heterocycles. The molecule has 2 rings (SSSR count). The minimum atomic E-state index is -3.96. The van der Waals surface area contributed by atoms with Gasteiger partial charge in [0.2, 0.25) is 10.0 Å². The Labute approximate surface area is 140 Å². The molecular formula is C16H18ClFN2O2S. The van der Waals surface area contributed by atoms with E-state index in [0.29, 0.717) is 6.42 Å². The van der Waals surface area contributed by atoms with Crippen LogP contribution in [0.5, 0.6) is 0 Å². The van der Waals surface area contributed by atoms with Gasteiger partial charge < -0.3 is 5.73 Å². The Balaban J connectivity index is 2.24. The fourth-order valence-electron chi connectivity index (χ4n) is 2.22. The van der Waals surface area contributed by atoms with Crippen LogP contribution in [0.3, 0.4) is 0 Å². The molecule has 0 aliphatic carbocycles. The van der Waals surface area contributed by atoms with Crippen LogP contribution in [0, 0.1) is 5.82 Å². The summed E-state index contributed by atoms with van der Waals surface area (Å²) in [6, 6.07) is 13.0. The van der Waals surface area contributed by atoms with Crippen LogP contribution in [-0.2, 0) is 16.4 Å². The van der Waals surface area contributed by atoms with E-state index >= 15 is 0 Å². The largest absolute Gasteiger partial charge is 0.329 e. The van der Waals surface area contributed by atoms with Gasteiger partial charge in [0.25, 0.3) is 0 Å². The van der Waals surface area contributed by atoms with Crippen molar-refractivity contribution < 1.29 is 12.8 Å². The van der Waals surface area contributed by atoms with Gasteiger partial charge in [0.05, 0.1) is 0 Å². The second-order valence-electron chi connectivity index (χ2n) is 5.00. The molecule has 0 amide bonds. The Hall–Kier alpha value is -1.47. The number of benzene rings is 2. The number of hydrogen-bond acceptors (Lipinski definition) is 3. The van der Waals surface area contributed by atoms with Crippen LogP contribution in [-0.4, -0.2) is 32.4 Å². The van der Waals surface area contributed by atoms with E-state index in [1.54, 1.807) is 0 Å². The molecule has 0 spiro atoms. The predicted molar refractivity (Wildman–Crippen MR) is 89.4 cm³/mol. The highest BCUT2D eigenvalue weighted by atomic mass is 35.5. The third kappa shape index (κ3) is 4.51. The molecule has 7 heteroatoms. The Kier molecular flexibility index (Phi) is 6.12. The van der Waals surface area contributed by atoms with Crippen LogP contribution in [0.4, 0.5) is 4.39 Å². The van der Waals surface area contributed by atoms with Crippen molar-refractivity contribution in [3.05, 3.63) is 64.9 Å². The molecule has 23 heavy (non-hydrogen) atoms. The summed E-state index contributed by atoms with van der Waals surface area (Å²) < 4.78 is 40.5. The van der Waals surface area contributed by atoms with Gasteiger partial charge in [-0.1, -0.05) is 41.9 Å². The van der Waals surface area contributed by atoms with Gasteiger partial charge in [0.1, 0.15) is 10.7 Å². The normalized spacial score (nSPS) is 11.8. The maximum Gasteiger partial charge on any atom is 0.246 e. The van der Waals surface area contributed by atoms with Gasteiger partial charge in [-0.25, -0.2) is 12.8 Å². The maximum atomic E-state index is 14.0. The Morgan fingerprint density at radius 2 is 1.78 bits per heavy atom. The van der Waals surface area contributed by atoms with Crippen LogP contribution in [0.2, 0.25) is 5.02 Å². The summed E-state index contributed by atoms with van der Waals surface area (Å²) in [5.41, 5.74) is 6.52. The van der Waals surface area contributed by atoms with Crippen LogP contribution >= 0.6 is 11.6 Å². The summed E-state index contributed by atoms with van der Waals surface area (Å²) in [5.74, 6) is -0.862. The quantitative estimate of drug-likeness (QED) is 0.829. The van der Waals surface area contributed by atoms with E-state index in [-0.39, 0.29) is 29.6 Å². The van der Waals surface area contributed by atoms with E-state index < -0.39 is 15.8 Å². The highest BCUT2D eigenvalue weighted by Crippen LogP contribution is 2.22. The highest BCUT2D eigenvalue weighted by Gasteiger charge is 2.26. The Morgan fingerprint density at radius 3 is 2.39 bits per heavy atom. The standard InChI is InChI=1S/C16H18ClFN2O2S/c17-14-6-7-16(15(18)12-14)23(21,22)20(11-9-19)10-8-13-4-2-1-3-5-13/h1-7,12H,8-11,19H2. The first-order chi connectivity index (χ1) is 10.9. The fourth-order valence-corrected chi connectivity index (χ4v) is 3.88. The minimum Gasteiger partial charge on any atom is -0.329 e. The Bertz CT molecular complexity index is 754. The lowest BCUT2D eigenvalue weighted by atomic mass is 10.1. The second kappa shape index (κ2) is 7.88. The molecule has 0 aromatic heterocycles. The molecule has 0 atom stereocenters. The van der Waals surface area contributed by atoms with Gasteiger partial charge in [-0.3, -0.25) is 0 Å². The summed E-state index contributed by atoms with van der Waals surface area (Å²) in [7, 11) is -3.96. The molecular weight excluding hydrogens is 339 g/mol. The molecule has 2 aromatic carbocycles. The number of sulfonamides is 1. The van der Waals surface area contributed by atoms with Gasteiger partial charge in [-0.05, 0) is 30.2 Å². The van der Waals surface area contributed by atoms with Crippen LogP contribution in [0.15, 0.2) is 53.4 Å². The lowest BCUT2D eigenvalue weighted by Crippen LogP contribution is -2.37. The summed E-state index contributed by atoms with van der Waals surface area (Å²) in [6.45, 7) is 0.506. The summed E-state index contributed by atoms with van der Waals surface area (Å²) in [4.78, 5) is -0.386. The zero-order valence-electron chi connectivity index (χ0n) is 12.5. The van der Waals surface area contributed by atoms with Gasteiger partial charge in [-0.15, -0.1) is 0 Å². The average molecular weight is 357 g/mol. The van der Waals surface area contributed by atoms with Gasteiger partial charge in [0.15, 0.2) is 0 Å². The van der Waals surface area contributed by atoms with Gasteiger partial charge in [0, 0.05) is 24.7 Å². The summed E-state index contributed by atoms with van der Waals surface area (Å²) >= 11 is 5.68. The molecule has 0 unspecified atom stereocenters. The van der Waals surface area contributed by atoms with Gasteiger partial charge >= 0.3 is 0 Å². The molecule has 0 fully saturated rings. The lowest BCUT2D eigenvalue weighted by molar-refractivity contribution is 0.417. The molecule has 0 aliphatic rings. The number of nitrogens with zero attached hydrogens (tertiary/aromatic N) is 1. The fraction of sp³-hybridized carbons (Fsp3) is 0.250. The zero-order valence-corrected chi connectivity index (χ0v) is 14.0. The first-order valence-electron chi connectivity index (χ1n) is 7.14. The van der Waals surface area contributed by atoms with Crippen molar-refractivity contribution in [1.82, 2.24) is 4.31 Å². The number of halogens is 2. The van der Waals surface area contributed by atoms with Crippen molar-refractivity contribution >= 4 is 21.6 Å². The van der Waals surface area contributed by atoms with E-state index in [2.05, 4.69) is 0 Å². The van der Waals surface area contributed by atoms with Crippen LogP contribution in [0.25, 0.3) is 0 Å². The zero-order chi connectivity index (χ0) is 16.9. The van der Waals surface area contributed by atoms with Crippen molar-refractivity contribution in [2.24, 2.45) is 5.73 Å². The van der Waals surface area contributed by atoms with E-state index in [1.165, 1.54) is 16.4 Å².